The lowest BCUT2D eigenvalue weighted by Crippen LogP contribution is -2.30. The molecule has 0 aliphatic carbocycles. The van der Waals surface area contributed by atoms with Crippen LogP contribution < -0.4 is 10.6 Å². The first-order valence-corrected chi connectivity index (χ1v) is 8.70. The summed E-state index contributed by atoms with van der Waals surface area (Å²) in [6.07, 6.45) is 0. The third kappa shape index (κ3) is 5.42. The van der Waals surface area contributed by atoms with Crippen LogP contribution in [0.5, 0.6) is 0 Å². The van der Waals surface area contributed by atoms with E-state index in [1.165, 1.54) is 11.8 Å². The molecule has 1 aromatic heterocycles. The Morgan fingerprint density at radius 3 is 2.58 bits per heavy atom. The Morgan fingerprint density at radius 2 is 1.96 bits per heavy atom. The predicted molar refractivity (Wildman–Crippen MR) is 94.8 cm³/mol. The van der Waals surface area contributed by atoms with Gasteiger partial charge in [0.05, 0.1) is 17.0 Å². The SMILES string of the molecule is Cc1cc(NC(=O)[C@@H](C)SCC(=O)N[C@H](C)c2ccccc2)no1. The van der Waals surface area contributed by atoms with E-state index in [0.717, 1.165) is 5.56 Å². The highest BCUT2D eigenvalue weighted by Crippen LogP contribution is 2.15. The van der Waals surface area contributed by atoms with E-state index in [9.17, 15) is 9.59 Å². The van der Waals surface area contributed by atoms with Crippen molar-refractivity contribution in [3.8, 4) is 0 Å². The molecule has 0 spiro atoms. The second-order valence-corrected chi connectivity index (χ2v) is 6.79. The van der Waals surface area contributed by atoms with Crippen molar-refractivity contribution in [3.05, 3.63) is 47.7 Å². The molecule has 24 heavy (non-hydrogen) atoms. The Hall–Kier alpha value is -2.28. The molecule has 2 N–H and O–H groups in total. The number of hydrogen-bond acceptors (Lipinski definition) is 5. The number of hydrogen-bond donors (Lipinski definition) is 2. The van der Waals surface area contributed by atoms with Crippen molar-refractivity contribution in [3.63, 3.8) is 0 Å². The number of anilines is 1. The third-order valence-electron chi connectivity index (χ3n) is 3.39. The molecule has 6 nitrogen and oxygen atoms in total. The van der Waals surface area contributed by atoms with Gasteiger partial charge in [-0.3, -0.25) is 9.59 Å². The normalized spacial score (nSPS) is 13.1. The van der Waals surface area contributed by atoms with Crippen LogP contribution in [0.15, 0.2) is 40.9 Å². The van der Waals surface area contributed by atoms with E-state index in [1.54, 1.807) is 19.9 Å². The van der Waals surface area contributed by atoms with E-state index in [0.29, 0.717) is 11.6 Å². The van der Waals surface area contributed by atoms with Crippen molar-refractivity contribution in [2.75, 3.05) is 11.1 Å². The molecule has 0 bridgehead atoms. The molecule has 0 aliphatic rings. The molecule has 0 radical (unpaired) electrons. The maximum Gasteiger partial charge on any atom is 0.238 e. The Labute approximate surface area is 145 Å². The van der Waals surface area contributed by atoms with Crippen molar-refractivity contribution in [1.82, 2.24) is 10.5 Å². The molecule has 2 aromatic rings. The van der Waals surface area contributed by atoms with Crippen LogP contribution in [-0.4, -0.2) is 28.0 Å². The van der Waals surface area contributed by atoms with Gasteiger partial charge in [0.15, 0.2) is 5.82 Å². The van der Waals surface area contributed by atoms with Crippen LogP contribution in [0.4, 0.5) is 5.82 Å². The second-order valence-electron chi connectivity index (χ2n) is 5.47. The van der Waals surface area contributed by atoms with E-state index in [2.05, 4.69) is 15.8 Å². The van der Waals surface area contributed by atoms with Gasteiger partial charge in [-0.05, 0) is 26.3 Å². The number of amides is 2. The first-order chi connectivity index (χ1) is 11.5. The highest BCUT2D eigenvalue weighted by molar-refractivity contribution is 8.01. The minimum absolute atomic E-state index is 0.0680. The van der Waals surface area contributed by atoms with E-state index >= 15 is 0 Å². The fourth-order valence-corrected chi connectivity index (χ4v) is 2.73. The van der Waals surface area contributed by atoms with Gasteiger partial charge in [-0.25, -0.2) is 0 Å². The Morgan fingerprint density at radius 1 is 1.25 bits per heavy atom. The number of carbonyl (C=O) groups excluding carboxylic acids is 2. The molecule has 128 valence electrons. The van der Waals surface area contributed by atoms with Gasteiger partial charge in [-0.1, -0.05) is 35.5 Å². The van der Waals surface area contributed by atoms with Crippen molar-refractivity contribution >= 4 is 29.4 Å². The molecular formula is C17H21N3O3S. The lowest BCUT2D eigenvalue weighted by molar-refractivity contribution is -0.119. The summed E-state index contributed by atoms with van der Waals surface area (Å²) in [7, 11) is 0. The lowest BCUT2D eigenvalue weighted by Gasteiger charge is -2.15. The Balaban J connectivity index is 1.75. The summed E-state index contributed by atoms with van der Waals surface area (Å²) in [4.78, 5) is 24.1. The van der Waals surface area contributed by atoms with Gasteiger partial charge in [0.25, 0.3) is 0 Å². The summed E-state index contributed by atoms with van der Waals surface area (Å²) in [6.45, 7) is 5.43. The van der Waals surface area contributed by atoms with Gasteiger partial charge in [-0.15, -0.1) is 11.8 Å². The predicted octanol–water partition coefficient (Wildman–Crippen LogP) is 2.92. The van der Waals surface area contributed by atoms with Crippen molar-refractivity contribution in [2.45, 2.75) is 32.1 Å². The van der Waals surface area contributed by atoms with Crippen LogP contribution in [0.2, 0.25) is 0 Å². The molecule has 0 saturated carbocycles. The van der Waals surface area contributed by atoms with Gasteiger partial charge in [0, 0.05) is 6.07 Å². The first-order valence-electron chi connectivity index (χ1n) is 7.66. The van der Waals surface area contributed by atoms with Crippen LogP contribution in [0.1, 0.15) is 31.2 Å². The summed E-state index contributed by atoms with van der Waals surface area (Å²) >= 11 is 1.27. The van der Waals surface area contributed by atoms with Crippen molar-refractivity contribution in [2.24, 2.45) is 0 Å². The van der Waals surface area contributed by atoms with E-state index in [1.807, 2.05) is 37.3 Å². The number of aryl methyl sites for hydroxylation is 1. The van der Waals surface area contributed by atoms with Gasteiger partial charge < -0.3 is 15.2 Å². The largest absolute Gasteiger partial charge is 0.360 e. The molecule has 0 aliphatic heterocycles. The molecule has 2 amide bonds. The number of thioether (sulfide) groups is 1. The fourth-order valence-electron chi connectivity index (χ4n) is 2.04. The summed E-state index contributed by atoms with van der Waals surface area (Å²) in [6, 6.07) is 11.3. The van der Waals surface area contributed by atoms with Crippen LogP contribution >= 0.6 is 11.8 Å². The number of rotatable bonds is 7. The van der Waals surface area contributed by atoms with E-state index < -0.39 is 0 Å². The minimum Gasteiger partial charge on any atom is -0.360 e. The Kier molecular flexibility index (Phi) is 6.43. The van der Waals surface area contributed by atoms with E-state index in [-0.39, 0.29) is 28.9 Å². The summed E-state index contributed by atoms with van der Waals surface area (Å²) < 4.78 is 4.89. The summed E-state index contributed by atoms with van der Waals surface area (Å²) in [5.74, 6) is 0.904. The topological polar surface area (TPSA) is 84.2 Å². The van der Waals surface area contributed by atoms with Gasteiger partial charge in [0.1, 0.15) is 5.76 Å². The number of carbonyl (C=O) groups is 2. The van der Waals surface area contributed by atoms with Crippen molar-refractivity contribution in [1.29, 1.82) is 0 Å². The standard InChI is InChI=1S/C17H21N3O3S/c1-11-9-15(20-23-11)19-17(22)13(3)24-10-16(21)18-12(2)14-7-5-4-6-8-14/h4-9,12-13H,10H2,1-3H3,(H,18,21)(H,19,20,22)/t12-,13-/m1/s1. The summed E-state index contributed by atoms with van der Waals surface area (Å²) in [5, 5.41) is 8.92. The van der Waals surface area contributed by atoms with Crippen molar-refractivity contribution < 1.29 is 14.1 Å². The molecular weight excluding hydrogens is 326 g/mol. The molecule has 2 atom stereocenters. The fraction of sp³-hybridized carbons (Fsp3) is 0.353. The van der Waals surface area contributed by atoms with Gasteiger partial charge >= 0.3 is 0 Å². The smallest absolute Gasteiger partial charge is 0.238 e. The zero-order valence-corrected chi connectivity index (χ0v) is 14.7. The quantitative estimate of drug-likeness (QED) is 0.804. The minimum atomic E-state index is -0.375. The highest BCUT2D eigenvalue weighted by Gasteiger charge is 2.17. The molecule has 1 heterocycles. The Bertz CT molecular complexity index is 687. The molecule has 2 rings (SSSR count). The number of nitrogens with zero attached hydrogens (tertiary/aromatic N) is 1. The highest BCUT2D eigenvalue weighted by atomic mass is 32.2. The zero-order valence-electron chi connectivity index (χ0n) is 13.9. The number of benzene rings is 1. The van der Waals surface area contributed by atoms with E-state index in [4.69, 9.17) is 4.52 Å². The number of nitrogens with one attached hydrogen (secondary N) is 2. The molecule has 0 saturated heterocycles. The van der Waals surface area contributed by atoms with Crippen LogP contribution in [0.25, 0.3) is 0 Å². The van der Waals surface area contributed by atoms with Crippen LogP contribution in [-0.2, 0) is 9.59 Å². The average molecular weight is 347 g/mol. The van der Waals surface area contributed by atoms with Gasteiger partial charge in [-0.2, -0.15) is 0 Å². The molecule has 0 unspecified atom stereocenters. The molecule has 1 aromatic carbocycles. The maximum absolute atomic E-state index is 12.0. The second kappa shape index (κ2) is 8.54. The van der Waals surface area contributed by atoms with Crippen LogP contribution in [0, 0.1) is 6.92 Å². The summed E-state index contributed by atoms with van der Waals surface area (Å²) in [5.41, 5.74) is 1.04. The monoisotopic (exact) mass is 347 g/mol. The maximum atomic E-state index is 12.0. The zero-order chi connectivity index (χ0) is 17.5. The molecule has 0 fully saturated rings. The van der Waals surface area contributed by atoms with Gasteiger partial charge in [0.2, 0.25) is 11.8 Å². The average Bonchev–Trinajstić information content (AvgIpc) is 2.98. The first kappa shape index (κ1) is 18.1. The van der Waals surface area contributed by atoms with Crippen LogP contribution in [0.3, 0.4) is 0 Å². The molecule has 7 heteroatoms. The third-order valence-corrected chi connectivity index (χ3v) is 4.53. The lowest BCUT2D eigenvalue weighted by atomic mass is 10.1. The number of aromatic nitrogens is 1.